The zero-order valence-electron chi connectivity index (χ0n) is 13.0. The van der Waals surface area contributed by atoms with Crippen LogP contribution in [-0.4, -0.2) is 86.6 Å². The number of carbonyl (C=O) groups excluding carboxylic acids is 1. The van der Waals surface area contributed by atoms with Crippen LogP contribution in [0, 0.1) is 0 Å². The lowest BCUT2D eigenvalue weighted by Gasteiger charge is -2.31. The lowest BCUT2D eigenvalue weighted by Crippen LogP contribution is -2.47. The van der Waals surface area contributed by atoms with E-state index in [1.54, 1.807) is 0 Å². The molecule has 0 spiro atoms. The molecule has 1 N–H and O–H groups in total. The van der Waals surface area contributed by atoms with Crippen LogP contribution in [0.5, 0.6) is 0 Å². The quantitative estimate of drug-likeness (QED) is 0.742. The average molecular weight is 270 g/mol. The summed E-state index contributed by atoms with van der Waals surface area (Å²) in [5.74, 6) is 0.274. The van der Waals surface area contributed by atoms with Gasteiger partial charge in [0.2, 0.25) is 5.91 Å². The minimum absolute atomic E-state index is 0.274. The van der Waals surface area contributed by atoms with E-state index in [0.29, 0.717) is 12.6 Å². The number of carbonyl (C=O) groups is 1. The Morgan fingerprint density at radius 2 is 2.05 bits per heavy atom. The van der Waals surface area contributed by atoms with E-state index in [2.05, 4.69) is 43.1 Å². The molecule has 1 aliphatic heterocycles. The van der Waals surface area contributed by atoms with Crippen molar-refractivity contribution in [2.45, 2.75) is 26.3 Å². The SMILES string of the molecule is CCN(CC(=O)N1CCCNCC1)C(C)CN(C)C. The molecule has 1 aliphatic rings. The van der Waals surface area contributed by atoms with Gasteiger partial charge in [-0.1, -0.05) is 6.92 Å². The van der Waals surface area contributed by atoms with Gasteiger partial charge >= 0.3 is 0 Å². The first kappa shape index (κ1) is 16.4. The summed E-state index contributed by atoms with van der Waals surface area (Å²) in [5, 5.41) is 3.33. The number of rotatable bonds is 6. The normalized spacial score (nSPS) is 18.7. The Kier molecular flexibility index (Phi) is 7.34. The van der Waals surface area contributed by atoms with Gasteiger partial charge in [0.25, 0.3) is 0 Å². The standard InChI is InChI=1S/C14H30N4O/c1-5-17(13(2)11-16(3)4)12-14(19)18-9-6-7-15-8-10-18/h13,15H,5-12H2,1-4H3. The van der Waals surface area contributed by atoms with Crippen molar-refractivity contribution in [1.82, 2.24) is 20.0 Å². The van der Waals surface area contributed by atoms with Gasteiger partial charge in [-0.15, -0.1) is 0 Å². The maximum Gasteiger partial charge on any atom is 0.236 e. The molecule has 0 saturated carbocycles. The molecule has 0 aliphatic carbocycles. The number of hydrogen-bond donors (Lipinski definition) is 1. The van der Waals surface area contributed by atoms with Crippen molar-refractivity contribution >= 4 is 5.91 Å². The Morgan fingerprint density at radius 3 is 2.68 bits per heavy atom. The maximum absolute atomic E-state index is 12.4. The highest BCUT2D eigenvalue weighted by Gasteiger charge is 2.20. The molecular formula is C14H30N4O. The van der Waals surface area contributed by atoms with Gasteiger partial charge in [-0.05, 0) is 40.5 Å². The highest BCUT2D eigenvalue weighted by Crippen LogP contribution is 2.03. The van der Waals surface area contributed by atoms with Crippen LogP contribution in [-0.2, 0) is 4.79 Å². The minimum atomic E-state index is 0.274. The van der Waals surface area contributed by atoms with Gasteiger partial charge in [0, 0.05) is 32.2 Å². The van der Waals surface area contributed by atoms with Gasteiger partial charge in [-0.2, -0.15) is 0 Å². The molecule has 1 atom stereocenters. The number of amides is 1. The Labute approximate surface area is 117 Å². The van der Waals surface area contributed by atoms with E-state index in [9.17, 15) is 4.79 Å². The van der Waals surface area contributed by atoms with Crippen LogP contribution in [0.1, 0.15) is 20.3 Å². The van der Waals surface area contributed by atoms with Crippen LogP contribution >= 0.6 is 0 Å². The highest BCUT2D eigenvalue weighted by molar-refractivity contribution is 5.78. The topological polar surface area (TPSA) is 38.8 Å². The molecule has 1 heterocycles. The summed E-state index contributed by atoms with van der Waals surface area (Å²) in [7, 11) is 4.15. The average Bonchev–Trinajstić information content (AvgIpc) is 2.63. The first-order valence-electron chi connectivity index (χ1n) is 7.41. The molecule has 0 aromatic carbocycles. The Morgan fingerprint density at radius 1 is 1.32 bits per heavy atom. The first-order chi connectivity index (χ1) is 9.04. The van der Waals surface area contributed by atoms with Gasteiger partial charge in [0.1, 0.15) is 0 Å². The van der Waals surface area contributed by atoms with E-state index in [-0.39, 0.29) is 5.91 Å². The number of nitrogens with zero attached hydrogens (tertiary/aromatic N) is 3. The molecule has 0 aromatic heterocycles. The van der Waals surface area contributed by atoms with Crippen LogP contribution in [0.4, 0.5) is 0 Å². The zero-order chi connectivity index (χ0) is 14.3. The summed E-state index contributed by atoms with van der Waals surface area (Å²) in [5.41, 5.74) is 0. The van der Waals surface area contributed by atoms with Gasteiger partial charge in [-0.25, -0.2) is 0 Å². The second kappa shape index (κ2) is 8.51. The molecule has 1 unspecified atom stereocenters. The molecule has 1 fully saturated rings. The van der Waals surface area contributed by atoms with Crippen molar-refractivity contribution in [1.29, 1.82) is 0 Å². The smallest absolute Gasteiger partial charge is 0.236 e. The molecule has 5 nitrogen and oxygen atoms in total. The van der Waals surface area contributed by atoms with Crippen molar-refractivity contribution in [3.05, 3.63) is 0 Å². The number of nitrogens with one attached hydrogen (secondary N) is 1. The van der Waals surface area contributed by atoms with E-state index >= 15 is 0 Å². The van der Waals surface area contributed by atoms with Crippen LogP contribution in [0.25, 0.3) is 0 Å². The molecule has 0 aromatic rings. The summed E-state index contributed by atoms with van der Waals surface area (Å²) in [6.45, 7) is 10.5. The van der Waals surface area contributed by atoms with E-state index in [1.807, 2.05) is 4.90 Å². The lowest BCUT2D eigenvalue weighted by atomic mass is 10.2. The third-order valence-corrected chi connectivity index (χ3v) is 3.69. The largest absolute Gasteiger partial charge is 0.340 e. The van der Waals surface area contributed by atoms with Crippen LogP contribution < -0.4 is 5.32 Å². The van der Waals surface area contributed by atoms with Crippen molar-refractivity contribution in [2.24, 2.45) is 0 Å². The third-order valence-electron chi connectivity index (χ3n) is 3.69. The monoisotopic (exact) mass is 270 g/mol. The lowest BCUT2D eigenvalue weighted by molar-refractivity contribution is -0.132. The number of likely N-dealkylation sites (N-methyl/N-ethyl adjacent to an activating group) is 2. The predicted octanol–water partition coefficient (Wildman–Crippen LogP) is 0.0803. The van der Waals surface area contributed by atoms with E-state index in [4.69, 9.17) is 0 Å². The second-order valence-corrected chi connectivity index (χ2v) is 5.66. The summed E-state index contributed by atoms with van der Waals surface area (Å²) in [6, 6.07) is 0.411. The third kappa shape index (κ3) is 5.89. The Bertz CT molecular complexity index is 262. The predicted molar refractivity (Wildman–Crippen MR) is 79.3 cm³/mol. The van der Waals surface area contributed by atoms with Crippen LogP contribution in [0.2, 0.25) is 0 Å². The molecule has 19 heavy (non-hydrogen) atoms. The maximum atomic E-state index is 12.4. The van der Waals surface area contributed by atoms with E-state index in [0.717, 1.165) is 45.7 Å². The van der Waals surface area contributed by atoms with E-state index in [1.165, 1.54) is 0 Å². The summed E-state index contributed by atoms with van der Waals surface area (Å²) < 4.78 is 0. The zero-order valence-corrected chi connectivity index (χ0v) is 13.0. The Hall–Kier alpha value is -0.650. The van der Waals surface area contributed by atoms with Gasteiger partial charge in [-0.3, -0.25) is 9.69 Å². The Balaban J connectivity index is 2.46. The van der Waals surface area contributed by atoms with Gasteiger partial charge < -0.3 is 15.1 Å². The summed E-state index contributed by atoms with van der Waals surface area (Å²) in [4.78, 5) is 18.8. The molecule has 1 rings (SSSR count). The van der Waals surface area contributed by atoms with Crippen LogP contribution in [0.15, 0.2) is 0 Å². The van der Waals surface area contributed by atoms with Crippen molar-refractivity contribution in [2.75, 3.05) is 59.9 Å². The van der Waals surface area contributed by atoms with Crippen molar-refractivity contribution in [3.63, 3.8) is 0 Å². The molecular weight excluding hydrogens is 240 g/mol. The fourth-order valence-electron chi connectivity index (χ4n) is 2.59. The minimum Gasteiger partial charge on any atom is -0.340 e. The fraction of sp³-hybridized carbons (Fsp3) is 0.929. The summed E-state index contributed by atoms with van der Waals surface area (Å²) >= 11 is 0. The molecule has 1 saturated heterocycles. The highest BCUT2D eigenvalue weighted by atomic mass is 16.2. The molecule has 1 amide bonds. The summed E-state index contributed by atoms with van der Waals surface area (Å²) in [6.07, 6.45) is 1.06. The number of hydrogen-bond acceptors (Lipinski definition) is 4. The molecule has 0 radical (unpaired) electrons. The van der Waals surface area contributed by atoms with Crippen LogP contribution in [0.3, 0.4) is 0 Å². The van der Waals surface area contributed by atoms with E-state index < -0.39 is 0 Å². The van der Waals surface area contributed by atoms with Gasteiger partial charge in [0.15, 0.2) is 0 Å². The van der Waals surface area contributed by atoms with Gasteiger partial charge in [0.05, 0.1) is 6.54 Å². The molecule has 112 valence electrons. The fourth-order valence-corrected chi connectivity index (χ4v) is 2.59. The second-order valence-electron chi connectivity index (χ2n) is 5.66. The first-order valence-corrected chi connectivity index (χ1v) is 7.41. The molecule has 0 bridgehead atoms. The van der Waals surface area contributed by atoms with Crippen molar-refractivity contribution < 1.29 is 4.79 Å². The van der Waals surface area contributed by atoms with Crippen molar-refractivity contribution in [3.8, 4) is 0 Å². The molecule has 5 heteroatoms.